The highest BCUT2D eigenvalue weighted by atomic mass is 16.5. The maximum atomic E-state index is 12.0. The third kappa shape index (κ3) is 6.28. The number of hydrogen-bond donors (Lipinski definition) is 3. The van der Waals surface area contributed by atoms with Gasteiger partial charge in [-0.2, -0.15) is 0 Å². The predicted molar refractivity (Wildman–Crippen MR) is 90.6 cm³/mol. The van der Waals surface area contributed by atoms with Crippen LogP contribution < -0.4 is 16.0 Å². The van der Waals surface area contributed by atoms with E-state index >= 15 is 0 Å². The first-order valence-electron chi connectivity index (χ1n) is 8.12. The summed E-state index contributed by atoms with van der Waals surface area (Å²) in [6.45, 7) is 4.59. The van der Waals surface area contributed by atoms with Crippen LogP contribution in [0.5, 0.6) is 0 Å². The highest BCUT2D eigenvalue weighted by Crippen LogP contribution is 2.18. The highest BCUT2D eigenvalue weighted by Gasteiger charge is 2.16. The van der Waals surface area contributed by atoms with Crippen LogP contribution in [-0.2, 0) is 9.53 Å². The lowest BCUT2D eigenvalue weighted by atomic mass is 10.1. The molecule has 0 saturated carbocycles. The van der Waals surface area contributed by atoms with Gasteiger partial charge in [-0.15, -0.1) is 0 Å². The molecule has 1 saturated heterocycles. The maximum Gasteiger partial charge on any atom is 0.319 e. The Kier molecular flexibility index (Phi) is 6.40. The van der Waals surface area contributed by atoms with Crippen LogP contribution in [0.15, 0.2) is 24.3 Å². The lowest BCUT2D eigenvalue weighted by Gasteiger charge is -2.12. The molecule has 0 bridgehead atoms. The van der Waals surface area contributed by atoms with Crippen molar-refractivity contribution in [3.8, 4) is 0 Å². The zero-order valence-corrected chi connectivity index (χ0v) is 13.7. The Morgan fingerprint density at radius 1 is 1.26 bits per heavy atom. The average molecular weight is 319 g/mol. The molecule has 1 fully saturated rings. The number of rotatable bonds is 6. The second-order valence-corrected chi connectivity index (χ2v) is 6.06. The molecule has 1 unspecified atom stereocenters. The van der Waals surface area contributed by atoms with Gasteiger partial charge in [-0.25, -0.2) is 4.79 Å². The fourth-order valence-corrected chi connectivity index (χ4v) is 2.49. The summed E-state index contributed by atoms with van der Waals surface area (Å²) in [6, 6.07) is 6.92. The van der Waals surface area contributed by atoms with Gasteiger partial charge in [0.15, 0.2) is 0 Å². The molecule has 1 aliphatic rings. The van der Waals surface area contributed by atoms with Gasteiger partial charge in [0.25, 0.3) is 0 Å². The van der Waals surface area contributed by atoms with E-state index in [-0.39, 0.29) is 24.1 Å². The lowest BCUT2D eigenvalue weighted by molar-refractivity contribution is -0.116. The molecule has 6 heteroatoms. The summed E-state index contributed by atoms with van der Waals surface area (Å²) in [4.78, 5) is 23.7. The minimum atomic E-state index is -0.262. The number of nitrogens with one attached hydrogen (secondary N) is 3. The highest BCUT2D eigenvalue weighted by molar-refractivity contribution is 5.93. The van der Waals surface area contributed by atoms with Crippen molar-refractivity contribution >= 4 is 23.3 Å². The molecular formula is C17H25N3O3. The van der Waals surface area contributed by atoms with Crippen LogP contribution in [0, 0.1) is 0 Å². The third-order valence-electron chi connectivity index (χ3n) is 3.54. The van der Waals surface area contributed by atoms with E-state index in [2.05, 4.69) is 16.0 Å². The Balaban J connectivity index is 1.81. The van der Waals surface area contributed by atoms with Crippen LogP contribution in [0.3, 0.4) is 0 Å². The number of amides is 3. The summed E-state index contributed by atoms with van der Waals surface area (Å²) in [5.41, 5.74) is 1.31. The van der Waals surface area contributed by atoms with Crippen LogP contribution in [-0.4, -0.2) is 30.7 Å². The summed E-state index contributed by atoms with van der Waals surface area (Å²) >= 11 is 0. The molecule has 0 radical (unpaired) electrons. The van der Waals surface area contributed by atoms with Crippen molar-refractivity contribution in [3.05, 3.63) is 24.3 Å². The van der Waals surface area contributed by atoms with E-state index < -0.39 is 0 Å². The third-order valence-corrected chi connectivity index (χ3v) is 3.54. The topological polar surface area (TPSA) is 79.5 Å². The summed E-state index contributed by atoms with van der Waals surface area (Å²) in [6.07, 6.45) is 3.53. The fraction of sp³-hybridized carbons (Fsp3) is 0.529. The van der Waals surface area contributed by atoms with Gasteiger partial charge in [0.05, 0.1) is 6.10 Å². The fourth-order valence-electron chi connectivity index (χ4n) is 2.49. The minimum absolute atomic E-state index is 0.0377. The average Bonchev–Trinajstić information content (AvgIpc) is 2.97. The van der Waals surface area contributed by atoms with E-state index in [9.17, 15) is 9.59 Å². The van der Waals surface area contributed by atoms with Gasteiger partial charge in [-0.3, -0.25) is 4.79 Å². The van der Waals surface area contributed by atoms with Crippen molar-refractivity contribution in [2.24, 2.45) is 0 Å². The number of carbonyl (C=O) groups excluding carboxylic acids is 2. The molecule has 3 N–H and O–H groups in total. The number of urea groups is 1. The Hall–Kier alpha value is -2.08. The van der Waals surface area contributed by atoms with E-state index in [1.54, 1.807) is 24.3 Å². The predicted octanol–water partition coefficient (Wildman–Crippen LogP) is 3.11. The molecule has 0 aliphatic carbocycles. The van der Waals surface area contributed by atoms with Crippen molar-refractivity contribution in [1.82, 2.24) is 5.32 Å². The standard InChI is InChI=1S/C17H25N3O3/c1-12(2)18-17(22)20-14-6-3-5-13(11-14)19-16(21)9-8-15-7-4-10-23-15/h3,5-6,11-12,15H,4,7-10H2,1-2H3,(H,19,21)(H2,18,20,22). The SMILES string of the molecule is CC(C)NC(=O)Nc1cccc(NC(=O)CCC2CCCO2)c1. The number of carbonyl (C=O) groups is 2. The molecule has 6 nitrogen and oxygen atoms in total. The van der Waals surface area contributed by atoms with Crippen LogP contribution in [0.25, 0.3) is 0 Å². The van der Waals surface area contributed by atoms with Gasteiger partial charge >= 0.3 is 6.03 Å². The van der Waals surface area contributed by atoms with Crippen molar-refractivity contribution < 1.29 is 14.3 Å². The molecule has 126 valence electrons. The number of anilines is 2. The normalized spacial score (nSPS) is 17.1. The molecule has 0 aromatic heterocycles. The van der Waals surface area contributed by atoms with E-state index in [0.717, 1.165) is 25.9 Å². The summed E-state index contributed by atoms with van der Waals surface area (Å²) in [5.74, 6) is -0.0377. The van der Waals surface area contributed by atoms with Crippen molar-refractivity contribution in [2.75, 3.05) is 17.2 Å². The molecule has 1 aliphatic heterocycles. The molecule has 0 spiro atoms. The summed E-state index contributed by atoms with van der Waals surface area (Å²) < 4.78 is 5.51. The van der Waals surface area contributed by atoms with Gasteiger partial charge < -0.3 is 20.7 Å². The molecular weight excluding hydrogens is 294 g/mol. The van der Waals surface area contributed by atoms with Crippen LogP contribution in [0.4, 0.5) is 16.2 Å². The van der Waals surface area contributed by atoms with E-state index in [1.165, 1.54) is 0 Å². The monoisotopic (exact) mass is 319 g/mol. The van der Waals surface area contributed by atoms with Gasteiger partial charge in [0.1, 0.15) is 0 Å². The zero-order chi connectivity index (χ0) is 16.7. The first-order chi connectivity index (χ1) is 11.0. The summed E-state index contributed by atoms with van der Waals surface area (Å²) in [7, 11) is 0. The molecule has 1 heterocycles. The second kappa shape index (κ2) is 8.53. The van der Waals surface area contributed by atoms with Crippen LogP contribution in [0.2, 0.25) is 0 Å². The number of ether oxygens (including phenoxy) is 1. The quantitative estimate of drug-likeness (QED) is 0.754. The van der Waals surface area contributed by atoms with Crippen LogP contribution in [0.1, 0.15) is 39.5 Å². The Morgan fingerprint density at radius 3 is 2.65 bits per heavy atom. The van der Waals surface area contributed by atoms with Crippen molar-refractivity contribution in [3.63, 3.8) is 0 Å². The van der Waals surface area contributed by atoms with E-state index in [4.69, 9.17) is 4.74 Å². The first-order valence-corrected chi connectivity index (χ1v) is 8.12. The Labute approximate surface area is 137 Å². The molecule has 23 heavy (non-hydrogen) atoms. The van der Waals surface area contributed by atoms with Crippen molar-refractivity contribution in [1.29, 1.82) is 0 Å². The smallest absolute Gasteiger partial charge is 0.319 e. The Morgan fingerprint density at radius 2 is 2.00 bits per heavy atom. The molecule has 2 rings (SSSR count). The molecule has 1 atom stereocenters. The number of benzene rings is 1. The molecule has 1 aromatic rings. The molecule has 3 amide bonds. The van der Waals surface area contributed by atoms with Crippen molar-refractivity contribution in [2.45, 2.75) is 51.7 Å². The number of hydrogen-bond acceptors (Lipinski definition) is 3. The van der Waals surface area contributed by atoms with Gasteiger partial charge in [0.2, 0.25) is 5.91 Å². The largest absolute Gasteiger partial charge is 0.378 e. The summed E-state index contributed by atoms with van der Waals surface area (Å²) in [5, 5.41) is 8.35. The van der Waals surface area contributed by atoms with Crippen LogP contribution >= 0.6 is 0 Å². The first kappa shape index (κ1) is 17.3. The second-order valence-electron chi connectivity index (χ2n) is 6.06. The van der Waals surface area contributed by atoms with E-state index in [1.807, 2.05) is 13.8 Å². The minimum Gasteiger partial charge on any atom is -0.378 e. The van der Waals surface area contributed by atoms with Gasteiger partial charge in [-0.1, -0.05) is 6.07 Å². The van der Waals surface area contributed by atoms with Gasteiger partial charge in [0, 0.05) is 30.4 Å². The van der Waals surface area contributed by atoms with Gasteiger partial charge in [-0.05, 0) is 51.3 Å². The maximum absolute atomic E-state index is 12.0. The molecule has 1 aromatic carbocycles. The lowest BCUT2D eigenvalue weighted by Crippen LogP contribution is -2.34. The zero-order valence-electron chi connectivity index (χ0n) is 13.7. The van der Waals surface area contributed by atoms with E-state index in [0.29, 0.717) is 17.8 Å². The Bertz CT molecular complexity index is 540.